The van der Waals surface area contributed by atoms with Gasteiger partial charge in [-0.15, -0.1) is 6.58 Å². The minimum absolute atomic E-state index is 0.230. The van der Waals surface area contributed by atoms with E-state index in [1.165, 1.54) is 22.3 Å². The number of nitrogens with zero attached hydrogens (tertiary/aromatic N) is 8. The number of amides is 2. The van der Waals surface area contributed by atoms with Crippen LogP contribution in [0.4, 0.5) is 11.6 Å². The summed E-state index contributed by atoms with van der Waals surface area (Å²) in [5, 5.41) is 22.8. The molecule has 324 valence electrons. The molecule has 1 unspecified atom stereocenters. The fourth-order valence-electron chi connectivity index (χ4n) is 11.1. The summed E-state index contributed by atoms with van der Waals surface area (Å²) in [6.07, 6.45) is 12.5. The van der Waals surface area contributed by atoms with Crippen molar-refractivity contribution < 1.29 is 19.2 Å². The zero-order chi connectivity index (χ0) is 43.0. The van der Waals surface area contributed by atoms with Crippen molar-refractivity contribution in [3.05, 3.63) is 111 Å². The minimum atomic E-state index is -0.992. The van der Waals surface area contributed by atoms with Gasteiger partial charge in [-0.2, -0.15) is 4.98 Å². The molecule has 2 atom stereocenters. The Morgan fingerprint density at radius 1 is 0.889 bits per heavy atom. The van der Waals surface area contributed by atoms with Crippen LogP contribution >= 0.6 is 0 Å². The molecule has 7 heterocycles. The number of nitrogens with one attached hydrogen (secondary N) is 2. The molecule has 2 aliphatic carbocycles. The largest absolute Gasteiger partial charge is 0.384 e. The molecule has 5 aliphatic rings. The molecule has 63 heavy (non-hydrogen) atoms. The average Bonchev–Trinajstić information content (AvgIpc) is 3.97. The van der Waals surface area contributed by atoms with Crippen LogP contribution in [-0.2, 0) is 54.1 Å². The number of piperidine rings is 1. The summed E-state index contributed by atoms with van der Waals surface area (Å²) in [6.45, 7) is 9.88. The highest BCUT2D eigenvalue weighted by Gasteiger charge is 2.38. The lowest BCUT2D eigenvalue weighted by molar-refractivity contribution is -0.134. The van der Waals surface area contributed by atoms with E-state index in [4.69, 9.17) is 14.5 Å². The van der Waals surface area contributed by atoms with E-state index >= 15 is 0 Å². The van der Waals surface area contributed by atoms with Gasteiger partial charge in [-0.3, -0.25) is 29.5 Å². The Balaban J connectivity index is 0.752. The number of imide groups is 1. The van der Waals surface area contributed by atoms with E-state index in [9.17, 15) is 19.5 Å². The van der Waals surface area contributed by atoms with Gasteiger partial charge in [0, 0.05) is 67.5 Å². The Bertz CT molecular complexity index is 2890. The Morgan fingerprint density at radius 2 is 1.65 bits per heavy atom. The van der Waals surface area contributed by atoms with Crippen molar-refractivity contribution in [1.82, 2.24) is 44.6 Å². The second-order valence-electron chi connectivity index (χ2n) is 18.1. The van der Waals surface area contributed by atoms with Crippen LogP contribution in [0.2, 0.25) is 0 Å². The number of pyridine rings is 1. The summed E-state index contributed by atoms with van der Waals surface area (Å²) in [5.74, 6) is -0.0935. The van der Waals surface area contributed by atoms with E-state index in [0.717, 1.165) is 93.3 Å². The third kappa shape index (κ3) is 6.88. The number of benzene rings is 2. The Kier molecular flexibility index (Phi) is 9.88. The third-order valence-electron chi connectivity index (χ3n) is 14.7. The van der Waals surface area contributed by atoms with Crippen LogP contribution in [-0.4, -0.2) is 81.4 Å². The number of anilines is 2. The van der Waals surface area contributed by atoms with Crippen molar-refractivity contribution in [2.24, 2.45) is 0 Å². The maximum absolute atomic E-state index is 13.6. The molecule has 0 radical (unpaired) electrons. The number of fused-ring (bicyclic) bond motifs is 6. The molecule has 2 fully saturated rings. The highest BCUT2D eigenvalue weighted by molar-refractivity contribution is 6.02. The zero-order valence-electron chi connectivity index (χ0n) is 35.6. The SMILES string of the molecule is C=CCn1c(=O)c2cnc(Nc3ccc4c(c3)CCN([C@H]3CC[C@H](N5CCc6ccc7c(C8CCC(=O)NC8=O)noc7c6C5)CC3)C4)nc2n1-c1ccc2c(n1)[C@@](O)(CC)CC2. The minimum Gasteiger partial charge on any atom is -0.384 e. The number of aryl methyl sites for hydroxylation is 1. The third-order valence-corrected chi connectivity index (χ3v) is 14.7. The van der Waals surface area contributed by atoms with E-state index < -0.39 is 11.5 Å². The van der Waals surface area contributed by atoms with Crippen LogP contribution < -0.4 is 16.2 Å². The quantitative estimate of drug-likeness (QED) is 0.117. The smallest absolute Gasteiger partial charge is 0.278 e. The first-order valence-electron chi connectivity index (χ1n) is 22.6. The molecule has 2 amide bonds. The van der Waals surface area contributed by atoms with Crippen molar-refractivity contribution in [2.45, 2.75) is 121 Å². The summed E-state index contributed by atoms with van der Waals surface area (Å²) in [4.78, 5) is 57.7. The predicted octanol–water partition coefficient (Wildman–Crippen LogP) is 5.84. The molecule has 3 N–H and O–H groups in total. The van der Waals surface area contributed by atoms with Gasteiger partial charge < -0.3 is 14.9 Å². The van der Waals surface area contributed by atoms with Crippen LogP contribution in [0.3, 0.4) is 0 Å². The molecule has 15 heteroatoms. The summed E-state index contributed by atoms with van der Waals surface area (Å²) in [7, 11) is 0. The van der Waals surface area contributed by atoms with Crippen LogP contribution in [0.15, 0.2) is 70.6 Å². The average molecular weight is 849 g/mol. The highest BCUT2D eigenvalue weighted by atomic mass is 16.5. The van der Waals surface area contributed by atoms with Crippen molar-refractivity contribution in [1.29, 1.82) is 0 Å². The van der Waals surface area contributed by atoms with E-state index in [-0.39, 0.29) is 23.9 Å². The van der Waals surface area contributed by atoms with Gasteiger partial charge in [0.15, 0.2) is 17.0 Å². The van der Waals surface area contributed by atoms with E-state index in [1.54, 1.807) is 21.6 Å². The lowest BCUT2D eigenvalue weighted by atomic mass is 9.86. The standard InChI is InChI=1S/C48H52N10O5/c1-3-21-57-46(61)37-25-49-47(53-44(37)58(57)39-15-7-29-17-20-48(62,4-2)43(29)51-39)50-32-8-5-31-26-55(23-19-30(31)24-32)33-9-11-34(12-10-33)56-22-18-28-6-13-35-41(54-63-42(35)38(28)27-56)36-14-16-40(59)52-45(36)60/h3,5-8,13,15,24-25,33-34,36,62H,1,4,9-12,14,16-23,26-27H2,2H3,(H,49,50,53)(H,52,59,60)/t33-,34-,36?,48-/m1/s1. The number of rotatable bonds is 9. The van der Waals surface area contributed by atoms with Gasteiger partial charge in [0.25, 0.3) is 5.56 Å². The second-order valence-corrected chi connectivity index (χ2v) is 18.1. The number of aliphatic hydroxyl groups is 1. The number of hydrogen-bond acceptors (Lipinski definition) is 12. The molecule has 4 aromatic heterocycles. The summed E-state index contributed by atoms with van der Waals surface area (Å²) >= 11 is 0. The summed E-state index contributed by atoms with van der Waals surface area (Å²) in [6, 6.07) is 15.7. The molecular formula is C48H52N10O5. The fraction of sp³-hybridized carbons (Fsp3) is 0.438. The normalized spacial score (nSPS) is 24.0. The van der Waals surface area contributed by atoms with Gasteiger partial charge in [-0.25, -0.2) is 19.3 Å². The lowest BCUT2D eigenvalue weighted by Crippen LogP contribution is -2.46. The van der Waals surface area contributed by atoms with Crippen LogP contribution in [0.5, 0.6) is 0 Å². The van der Waals surface area contributed by atoms with Crippen LogP contribution in [0, 0.1) is 0 Å². The highest BCUT2D eigenvalue weighted by Crippen LogP contribution is 2.40. The number of carbonyl (C=O) groups is 2. The number of hydrogen-bond donors (Lipinski definition) is 3. The molecular weight excluding hydrogens is 797 g/mol. The van der Waals surface area contributed by atoms with E-state index in [2.05, 4.69) is 61.4 Å². The first-order chi connectivity index (χ1) is 30.7. The van der Waals surface area contributed by atoms with Gasteiger partial charge in [0.1, 0.15) is 16.7 Å². The topological polar surface area (TPSA) is 177 Å². The Morgan fingerprint density at radius 3 is 2.43 bits per heavy atom. The Labute approximate surface area is 364 Å². The maximum atomic E-state index is 13.6. The molecule has 15 nitrogen and oxygen atoms in total. The van der Waals surface area contributed by atoms with Gasteiger partial charge >= 0.3 is 0 Å². The van der Waals surface area contributed by atoms with Gasteiger partial charge in [0.2, 0.25) is 17.8 Å². The molecule has 6 aromatic rings. The number of carbonyl (C=O) groups excluding carboxylic acids is 2. The van der Waals surface area contributed by atoms with Crippen molar-refractivity contribution in [2.75, 3.05) is 18.4 Å². The van der Waals surface area contributed by atoms with Gasteiger partial charge in [-0.1, -0.05) is 36.4 Å². The van der Waals surface area contributed by atoms with Crippen molar-refractivity contribution in [3.63, 3.8) is 0 Å². The second kappa shape index (κ2) is 15.6. The maximum Gasteiger partial charge on any atom is 0.278 e. The number of aromatic nitrogens is 6. The Hall–Kier alpha value is -6.03. The monoisotopic (exact) mass is 848 g/mol. The molecule has 2 aromatic carbocycles. The van der Waals surface area contributed by atoms with Crippen LogP contribution in [0.1, 0.15) is 103 Å². The molecule has 1 saturated heterocycles. The predicted molar refractivity (Wildman–Crippen MR) is 237 cm³/mol. The molecule has 3 aliphatic heterocycles. The van der Waals surface area contributed by atoms with Crippen molar-refractivity contribution in [3.8, 4) is 5.82 Å². The first kappa shape index (κ1) is 39.8. The fourth-order valence-corrected chi connectivity index (χ4v) is 11.1. The van der Waals surface area contributed by atoms with Crippen molar-refractivity contribution >= 4 is 45.5 Å². The summed E-state index contributed by atoms with van der Waals surface area (Å²) in [5.41, 5.74) is 8.35. The lowest BCUT2D eigenvalue weighted by Gasteiger charge is -2.43. The van der Waals surface area contributed by atoms with E-state index in [1.807, 2.05) is 25.1 Å². The van der Waals surface area contributed by atoms with Crippen LogP contribution in [0.25, 0.3) is 27.8 Å². The van der Waals surface area contributed by atoms with Gasteiger partial charge in [-0.05, 0) is 111 Å². The molecule has 1 saturated carbocycles. The molecule has 0 bridgehead atoms. The molecule has 0 spiro atoms. The summed E-state index contributed by atoms with van der Waals surface area (Å²) < 4.78 is 9.24. The number of allylic oxidation sites excluding steroid dienone is 1. The van der Waals surface area contributed by atoms with Gasteiger partial charge in [0.05, 0.1) is 18.2 Å². The molecule has 11 rings (SSSR count). The first-order valence-corrected chi connectivity index (χ1v) is 22.6. The van der Waals surface area contributed by atoms with E-state index in [0.29, 0.717) is 72.0 Å². The zero-order valence-corrected chi connectivity index (χ0v) is 35.6.